The second kappa shape index (κ2) is 7.99. The lowest BCUT2D eigenvalue weighted by atomic mass is 10.1. The monoisotopic (exact) mass is 360 g/mol. The Morgan fingerprint density at radius 3 is 2.26 bits per heavy atom. The first-order valence-corrected chi connectivity index (χ1v) is 9.04. The van der Waals surface area contributed by atoms with E-state index in [9.17, 15) is 4.79 Å². The van der Waals surface area contributed by atoms with E-state index in [4.69, 9.17) is 0 Å². The van der Waals surface area contributed by atoms with Crippen LogP contribution in [0.15, 0.2) is 54.6 Å². The van der Waals surface area contributed by atoms with Gasteiger partial charge >= 0.3 is 0 Å². The molecule has 0 bridgehead atoms. The van der Waals surface area contributed by atoms with Gasteiger partial charge in [0.25, 0.3) is 5.91 Å². The number of amides is 1. The second-order valence-corrected chi connectivity index (χ2v) is 6.60. The van der Waals surface area contributed by atoms with Crippen LogP contribution in [0, 0.1) is 20.8 Å². The molecule has 0 spiro atoms. The molecular formula is C22H24N4O. The van der Waals surface area contributed by atoms with E-state index in [0.717, 1.165) is 28.2 Å². The maximum atomic E-state index is 12.8. The van der Waals surface area contributed by atoms with Crippen molar-refractivity contribution in [3.05, 3.63) is 77.1 Å². The minimum Gasteiger partial charge on any atom is -0.321 e. The van der Waals surface area contributed by atoms with Crippen LogP contribution in [0.1, 0.15) is 34.2 Å². The molecule has 27 heavy (non-hydrogen) atoms. The summed E-state index contributed by atoms with van der Waals surface area (Å²) < 4.78 is 0. The largest absolute Gasteiger partial charge is 0.321 e. The van der Waals surface area contributed by atoms with E-state index in [2.05, 4.69) is 21.4 Å². The Labute approximate surface area is 160 Å². The van der Waals surface area contributed by atoms with E-state index in [1.165, 1.54) is 0 Å². The zero-order chi connectivity index (χ0) is 19.4. The Morgan fingerprint density at radius 1 is 0.963 bits per heavy atom. The quantitative estimate of drug-likeness (QED) is 0.709. The molecule has 0 atom stereocenters. The summed E-state index contributed by atoms with van der Waals surface area (Å²) in [6.07, 6.45) is 0. The Hall–Kier alpha value is -3.21. The normalized spacial score (nSPS) is 10.5. The lowest BCUT2D eigenvalue weighted by Crippen LogP contribution is -2.22. The third-order valence-electron chi connectivity index (χ3n) is 4.18. The van der Waals surface area contributed by atoms with Crippen molar-refractivity contribution >= 4 is 23.2 Å². The number of anilines is 3. The predicted molar refractivity (Wildman–Crippen MR) is 110 cm³/mol. The Kier molecular flexibility index (Phi) is 5.50. The van der Waals surface area contributed by atoms with E-state index in [0.29, 0.717) is 18.2 Å². The van der Waals surface area contributed by atoms with Crippen LogP contribution in [-0.4, -0.2) is 22.4 Å². The molecule has 5 heteroatoms. The molecule has 3 rings (SSSR count). The van der Waals surface area contributed by atoms with Crippen molar-refractivity contribution in [2.24, 2.45) is 0 Å². The van der Waals surface area contributed by atoms with E-state index in [1.807, 2.05) is 75.1 Å². The van der Waals surface area contributed by atoms with Gasteiger partial charge in [0.2, 0.25) is 5.95 Å². The number of aromatic nitrogens is 2. The van der Waals surface area contributed by atoms with Crippen LogP contribution >= 0.6 is 0 Å². The van der Waals surface area contributed by atoms with Gasteiger partial charge in [-0.2, -0.15) is 0 Å². The van der Waals surface area contributed by atoms with Gasteiger partial charge in [-0.25, -0.2) is 9.97 Å². The first-order chi connectivity index (χ1) is 13.0. The zero-order valence-corrected chi connectivity index (χ0v) is 16.2. The number of carbonyl (C=O) groups excluding carboxylic acids is 1. The number of benzene rings is 2. The number of para-hydroxylation sites is 1. The number of aryl methyl sites for hydroxylation is 3. The van der Waals surface area contributed by atoms with Crippen LogP contribution in [0.3, 0.4) is 0 Å². The van der Waals surface area contributed by atoms with Crippen LogP contribution < -0.4 is 10.2 Å². The summed E-state index contributed by atoms with van der Waals surface area (Å²) in [7, 11) is 0. The molecule has 0 aliphatic rings. The number of rotatable bonds is 5. The molecule has 3 aromatic rings. The number of nitrogens with zero attached hydrogens (tertiary/aromatic N) is 3. The topological polar surface area (TPSA) is 58.1 Å². The van der Waals surface area contributed by atoms with Gasteiger partial charge in [-0.3, -0.25) is 4.79 Å². The molecule has 138 valence electrons. The van der Waals surface area contributed by atoms with Crippen LogP contribution in [0.25, 0.3) is 0 Å². The van der Waals surface area contributed by atoms with Gasteiger partial charge in [0.1, 0.15) is 5.69 Å². The molecule has 0 saturated heterocycles. The van der Waals surface area contributed by atoms with Crippen LogP contribution in [0.2, 0.25) is 0 Å². The van der Waals surface area contributed by atoms with Gasteiger partial charge in [0, 0.05) is 23.6 Å². The molecular weight excluding hydrogens is 336 g/mol. The number of nitrogens with one attached hydrogen (secondary N) is 1. The van der Waals surface area contributed by atoms with Gasteiger partial charge in [-0.05, 0) is 69.2 Å². The molecule has 5 nitrogen and oxygen atoms in total. The number of hydrogen-bond acceptors (Lipinski definition) is 4. The van der Waals surface area contributed by atoms with Gasteiger partial charge in [0.15, 0.2) is 0 Å². The Bertz CT molecular complexity index is 934. The molecule has 2 aromatic carbocycles. The minimum absolute atomic E-state index is 0.240. The molecule has 1 amide bonds. The van der Waals surface area contributed by atoms with Crippen molar-refractivity contribution < 1.29 is 4.79 Å². The molecule has 1 aromatic heterocycles. The van der Waals surface area contributed by atoms with Crippen molar-refractivity contribution in [1.29, 1.82) is 0 Å². The summed E-state index contributed by atoms with van der Waals surface area (Å²) in [5.41, 5.74) is 5.07. The fourth-order valence-corrected chi connectivity index (χ4v) is 3.08. The SMILES string of the molecule is CCN(c1ccccc1)c1nc(C)cc(C(=O)Nc2cc(C)cc(C)c2)n1. The summed E-state index contributed by atoms with van der Waals surface area (Å²) in [5, 5.41) is 2.94. The average molecular weight is 360 g/mol. The summed E-state index contributed by atoms with van der Waals surface area (Å²) in [5.74, 6) is 0.283. The first-order valence-electron chi connectivity index (χ1n) is 9.04. The highest BCUT2D eigenvalue weighted by molar-refractivity contribution is 6.03. The highest BCUT2D eigenvalue weighted by Gasteiger charge is 2.16. The fraction of sp³-hybridized carbons (Fsp3) is 0.227. The fourth-order valence-electron chi connectivity index (χ4n) is 3.08. The van der Waals surface area contributed by atoms with E-state index in [1.54, 1.807) is 6.07 Å². The summed E-state index contributed by atoms with van der Waals surface area (Å²) >= 11 is 0. The molecule has 1 N–H and O–H groups in total. The standard InChI is InChI=1S/C22H24N4O/c1-5-26(19-9-7-6-8-10-19)22-23-17(4)14-20(25-22)21(27)24-18-12-15(2)11-16(3)13-18/h6-14H,5H2,1-4H3,(H,24,27). The molecule has 0 fully saturated rings. The van der Waals surface area contributed by atoms with Crippen LogP contribution in [-0.2, 0) is 0 Å². The molecule has 0 aliphatic heterocycles. The van der Waals surface area contributed by atoms with Crippen LogP contribution in [0.4, 0.5) is 17.3 Å². The van der Waals surface area contributed by atoms with E-state index < -0.39 is 0 Å². The zero-order valence-electron chi connectivity index (χ0n) is 16.2. The molecule has 0 aliphatic carbocycles. The number of hydrogen-bond donors (Lipinski definition) is 1. The molecule has 0 unspecified atom stereocenters. The molecule has 0 saturated carbocycles. The predicted octanol–water partition coefficient (Wildman–Crippen LogP) is 4.81. The van der Waals surface area contributed by atoms with E-state index >= 15 is 0 Å². The highest BCUT2D eigenvalue weighted by Crippen LogP contribution is 2.22. The maximum absolute atomic E-state index is 12.8. The lowest BCUT2D eigenvalue weighted by Gasteiger charge is -2.21. The van der Waals surface area contributed by atoms with Gasteiger partial charge < -0.3 is 10.2 Å². The summed E-state index contributed by atoms with van der Waals surface area (Å²) in [6.45, 7) is 8.63. The summed E-state index contributed by atoms with van der Waals surface area (Å²) in [4.78, 5) is 23.8. The van der Waals surface area contributed by atoms with Gasteiger partial charge in [-0.1, -0.05) is 24.3 Å². The smallest absolute Gasteiger partial charge is 0.274 e. The number of carbonyl (C=O) groups is 1. The van der Waals surface area contributed by atoms with Crippen molar-refractivity contribution in [3.8, 4) is 0 Å². The molecule has 1 heterocycles. The highest BCUT2D eigenvalue weighted by atomic mass is 16.1. The van der Waals surface area contributed by atoms with Gasteiger partial charge in [0.05, 0.1) is 0 Å². The molecule has 0 radical (unpaired) electrons. The third kappa shape index (κ3) is 4.50. The minimum atomic E-state index is -0.240. The van der Waals surface area contributed by atoms with Crippen LogP contribution in [0.5, 0.6) is 0 Å². The first kappa shape index (κ1) is 18.6. The average Bonchev–Trinajstić information content (AvgIpc) is 2.62. The Balaban J connectivity index is 1.91. The van der Waals surface area contributed by atoms with Crippen molar-refractivity contribution in [2.75, 3.05) is 16.8 Å². The van der Waals surface area contributed by atoms with Crippen molar-refractivity contribution in [2.45, 2.75) is 27.7 Å². The van der Waals surface area contributed by atoms with Gasteiger partial charge in [-0.15, -0.1) is 0 Å². The van der Waals surface area contributed by atoms with E-state index in [-0.39, 0.29) is 5.91 Å². The van der Waals surface area contributed by atoms with Crippen molar-refractivity contribution in [3.63, 3.8) is 0 Å². The Morgan fingerprint density at radius 2 is 1.63 bits per heavy atom. The second-order valence-electron chi connectivity index (χ2n) is 6.60. The maximum Gasteiger partial charge on any atom is 0.274 e. The summed E-state index contributed by atoms with van der Waals surface area (Å²) in [6, 6.07) is 17.6. The van der Waals surface area contributed by atoms with Crippen molar-refractivity contribution in [1.82, 2.24) is 9.97 Å². The lowest BCUT2D eigenvalue weighted by molar-refractivity contribution is 0.102. The third-order valence-corrected chi connectivity index (χ3v) is 4.18.